The number of carbonyl (C=O) groups is 1. The normalized spacial score (nSPS) is 23.7. The van der Waals surface area contributed by atoms with Gasteiger partial charge in [0, 0.05) is 6.04 Å². The number of carboxylic acids is 1. The zero-order valence-electron chi connectivity index (χ0n) is 8.58. The Morgan fingerprint density at radius 1 is 1.41 bits per heavy atom. The number of alkyl halides is 5. The van der Waals surface area contributed by atoms with Gasteiger partial charge in [-0.05, 0) is 12.8 Å². The summed E-state index contributed by atoms with van der Waals surface area (Å²) in [4.78, 5) is 8.90. The third kappa shape index (κ3) is 7.86. The average Bonchev–Trinajstić information content (AvgIpc) is 2.09. The molecule has 0 aromatic rings. The maximum atomic E-state index is 11.5. The molecule has 0 spiro atoms. The molecule has 0 bridgehead atoms. The largest absolute Gasteiger partial charge is 0.490 e. The highest BCUT2D eigenvalue weighted by atomic mass is 19.4. The van der Waals surface area contributed by atoms with E-state index in [1.54, 1.807) is 0 Å². The lowest BCUT2D eigenvalue weighted by atomic mass is 9.90. The molecule has 0 aromatic heterocycles. The van der Waals surface area contributed by atoms with Crippen LogP contribution in [0.1, 0.15) is 12.8 Å². The summed E-state index contributed by atoms with van der Waals surface area (Å²) in [6.45, 7) is -0.447. The van der Waals surface area contributed by atoms with Crippen LogP contribution in [0.5, 0.6) is 0 Å². The molecule has 1 rings (SSSR count). The van der Waals surface area contributed by atoms with Crippen LogP contribution in [0.2, 0.25) is 0 Å². The van der Waals surface area contributed by atoms with Crippen molar-refractivity contribution >= 4 is 5.97 Å². The maximum absolute atomic E-state index is 11.5. The molecule has 0 aliphatic heterocycles. The van der Waals surface area contributed by atoms with Crippen molar-refractivity contribution < 1.29 is 36.6 Å². The van der Waals surface area contributed by atoms with Gasteiger partial charge in [0.05, 0.1) is 6.10 Å². The van der Waals surface area contributed by atoms with Crippen LogP contribution in [-0.2, 0) is 9.53 Å². The molecule has 102 valence electrons. The summed E-state index contributed by atoms with van der Waals surface area (Å²) in [5, 5.41) is 7.12. The van der Waals surface area contributed by atoms with Crippen LogP contribution in [0.4, 0.5) is 22.0 Å². The molecule has 0 atom stereocenters. The molecule has 0 heterocycles. The maximum Gasteiger partial charge on any atom is 0.490 e. The van der Waals surface area contributed by atoms with Crippen molar-refractivity contribution in [3.05, 3.63) is 0 Å². The number of hydrogen-bond acceptors (Lipinski definition) is 3. The van der Waals surface area contributed by atoms with Crippen LogP contribution in [0.15, 0.2) is 0 Å². The third-order valence-corrected chi connectivity index (χ3v) is 1.83. The molecule has 1 aliphatic carbocycles. The Balaban J connectivity index is 0.000000325. The van der Waals surface area contributed by atoms with Gasteiger partial charge in [-0.1, -0.05) is 0 Å². The van der Waals surface area contributed by atoms with E-state index >= 15 is 0 Å². The molecule has 0 aromatic carbocycles. The van der Waals surface area contributed by atoms with Gasteiger partial charge >= 0.3 is 12.1 Å². The zero-order valence-corrected chi connectivity index (χ0v) is 8.58. The topological polar surface area (TPSA) is 72.5 Å². The van der Waals surface area contributed by atoms with Gasteiger partial charge in [-0.3, -0.25) is 0 Å². The van der Waals surface area contributed by atoms with Crippen LogP contribution in [0.3, 0.4) is 0 Å². The van der Waals surface area contributed by atoms with Crippen LogP contribution >= 0.6 is 0 Å². The minimum Gasteiger partial charge on any atom is -0.475 e. The van der Waals surface area contributed by atoms with Gasteiger partial charge < -0.3 is 15.6 Å². The van der Waals surface area contributed by atoms with Crippen molar-refractivity contribution in [2.75, 3.05) is 6.61 Å². The quantitative estimate of drug-likeness (QED) is 0.756. The molecule has 3 N–H and O–H groups in total. The van der Waals surface area contributed by atoms with E-state index in [9.17, 15) is 22.0 Å². The summed E-state index contributed by atoms with van der Waals surface area (Å²) >= 11 is 0. The molecular formula is C8H12F5NO3. The monoisotopic (exact) mass is 265 g/mol. The molecule has 9 heteroatoms. The number of aliphatic carboxylic acids is 1. The second-order valence-electron chi connectivity index (χ2n) is 3.38. The number of rotatable bonds is 3. The fraction of sp³-hybridized carbons (Fsp3) is 0.875. The third-order valence-electron chi connectivity index (χ3n) is 1.83. The van der Waals surface area contributed by atoms with E-state index in [0.29, 0.717) is 0 Å². The molecule has 0 amide bonds. The molecule has 0 unspecified atom stereocenters. The summed E-state index contributed by atoms with van der Waals surface area (Å²) in [6.07, 6.45) is -5.99. The van der Waals surface area contributed by atoms with E-state index in [-0.39, 0.29) is 12.1 Å². The lowest BCUT2D eigenvalue weighted by molar-refractivity contribution is -0.192. The Kier molecular flexibility index (Phi) is 6.32. The van der Waals surface area contributed by atoms with Crippen LogP contribution in [0.25, 0.3) is 0 Å². The van der Waals surface area contributed by atoms with E-state index in [4.69, 9.17) is 20.4 Å². The number of hydrogen-bond donors (Lipinski definition) is 2. The Morgan fingerprint density at radius 3 is 2.06 bits per heavy atom. The first kappa shape index (κ1) is 16.0. The number of halogens is 5. The summed E-state index contributed by atoms with van der Waals surface area (Å²) in [5.74, 6) is -2.76. The van der Waals surface area contributed by atoms with E-state index < -0.39 is 25.2 Å². The first-order valence-corrected chi connectivity index (χ1v) is 4.58. The van der Waals surface area contributed by atoms with Gasteiger partial charge in [-0.15, -0.1) is 0 Å². The van der Waals surface area contributed by atoms with Crippen molar-refractivity contribution in [1.82, 2.24) is 0 Å². The SMILES string of the molecule is NC1CC(OCC(F)F)C1.O=C(O)C(F)(F)F. The fourth-order valence-corrected chi connectivity index (χ4v) is 0.951. The molecule has 17 heavy (non-hydrogen) atoms. The van der Waals surface area contributed by atoms with Gasteiger partial charge in [0.15, 0.2) is 0 Å². The number of nitrogens with two attached hydrogens (primary N) is 1. The van der Waals surface area contributed by atoms with Crippen LogP contribution in [0, 0.1) is 0 Å². The number of carboxylic acid groups (broad SMARTS) is 1. The smallest absolute Gasteiger partial charge is 0.475 e. The lowest BCUT2D eigenvalue weighted by Crippen LogP contribution is -2.42. The first-order chi connectivity index (χ1) is 7.62. The van der Waals surface area contributed by atoms with Gasteiger partial charge in [0.1, 0.15) is 6.61 Å². The Labute approximate surface area is 93.5 Å². The van der Waals surface area contributed by atoms with E-state index in [1.807, 2.05) is 0 Å². The van der Waals surface area contributed by atoms with Crippen molar-refractivity contribution in [1.29, 1.82) is 0 Å². The Bertz CT molecular complexity index is 240. The summed E-state index contributed by atoms with van der Waals surface area (Å²) < 4.78 is 59.5. The predicted octanol–water partition coefficient (Wildman–Crippen LogP) is 1.39. The molecule has 1 saturated carbocycles. The van der Waals surface area contributed by atoms with Gasteiger partial charge in [-0.25, -0.2) is 13.6 Å². The van der Waals surface area contributed by atoms with Crippen molar-refractivity contribution in [2.24, 2.45) is 5.73 Å². The van der Waals surface area contributed by atoms with Crippen molar-refractivity contribution in [3.8, 4) is 0 Å². The van der Waals surface area contributed by atoms with E-state index in [0.717, 1.165) is 12.8 Å². The summed E-state index contributed by atoms with van der Waals surface area (Å²) in [6, 6.07) is 0.169. The van der Waals surface area contributed by atoms with Crippen molar-refractivity contribution in [2.45, 2.75) is 37.6 Å². The second kappa shape index (κ2) is 6.70. The highest BCUT2D eigenvalue weighted by molar-refractivity contribution is 5.73. The van der Waals surface area contributed by atoms with Gasteiger partial charge in [0.25, 0.3) is 6.43 Å². The van der Waals surface area contributed by atoms with Crippen LogP contribution in [-0.4, -0.2) is 42.4 Å². The average molecular weight is 265 g/mol. The molecule has 1 aliphatic rings. The molecular weight excluding hydrogens is 253 g/mol. The van der Waals surface area contributed by atoms with Gasteiger partial charge in [0.2, 0.25) is 0 Å². The minimum absolute atomic E-state index is 0.0102. The standard InChI is InChI=1S/C6H11F2NO.C2HF3O2/c7-6(8)3-10-5-1-4(9)2-5;3-2(4,5)1(6)7/h4-6H,1-3,9H2;(H,6,7). The summed E-state index contributed by atoms with van der Waals surface area (Å²) in [5.41, 5.74) is 5.41. The van der Waals surface area contributed by atoms with Crippen LogP contribution < -0.4 is 5.73 Å². The fourth-order valence-electron chi connectivity index (χ4n) is 0.951. The molecule has 0 radical (unpaired) electrons. The molecule has 0 saturated heterocycles. The Hall–Kier alpha value is -0.960. The number of ether oxygens (including phenoxy) is 1. The molecule has 4 nitrogen and oxygen atoms in total. The minimum atomic E-state index is -5.08. The summed E-state index contributed by atoms with van der Waals surface area (Å²) in [7, 11) is 0. The highest BCUT2D eigenvalue weighted by Crippen LogP contribution is 2.21. The second-order valence-corrected chi connectivity index (χ2v) is 3.38. The molecule has 1 fully saturated rings. The van der Waals surface area contributed by atoms with E-state index in [2.05, 4.69) is 0 Å². The van der Waals surface area contributed by atoms with E-state index in [1.165, 1.54) is 0 Å². The highest BCUT2D eigenvalue weighted by Gasteiger charge is 2.38. The van der Waals surface area contributed by atoms with Gasteiger partial charge in [-0.2, -0.15) is 13.2 Å². The lowest BCUT2D eigenvalue weighted by Gasteiger charge is -2.31. The predicted molar refractivity (Wildman–Crippen MR) is 46.6 cm³/mol. The zero-order chi connectivity index (χ0) is 13.6. The Morgan fingerprint density at radius 2 is 1.82 bits per heavy atom. The first-order valence-electron chi connectivity index (χ1n) is 4.58. The van der Waals surface area contributed by atoms with Crippen molar-refractivity contribution in [3.63, 3.8) is 0 Å².